The SMILES string of the molecule is CC[C@@H](C(=O)c1ccc(OC)cc1)c1ccc(Br)cc1. The number of hydrogen-bond acceptors (Lipinski definition) is 2. The van der Waals surface area contributed by atoms with E-state index >= 15 is 0 Å². The van der Waals surface area contributed by atoms with E-state index in [1.807, 2.05) is 55.5 Å². The van der Waals surface area contributed by atoms with Crippen molar-refractivity contribution in [3.63, 3.8) is 0 Å². The second-order valence-electron chi connectivity index (χ2n) is 4.61. The lowest BCUT2D eigenvalue weighted by Gasteiger charge is -2.14. The Balaban J connectivity index is 2.26. The molecule has 0 unspecified atom stereocenters. The van der Waals surface area contributed by atoms with Crippen molar-refractivity contribution in [1.29, 1.82) is 0 Å². The third kappa shape index (κ3) is 3.28. The molecule has 0 fully saturated rings. The lowest BCUT2D eigenvalue weighted by molar-refractivity contribution is 0.0957. The molecule has 20 heavy (non-hydrogen) atoms. The highest BCUT2D eigenvalue weighted by molar-refractivity contribution is 9.10. The predicted molar refractivity (Wildman–Crippen MR) is 84.5 cm³/mol. The van der Waals surface area contributed by atoms with Crippen LogP contribution in [-0.4, -0.2) is 12.9 Å². The summed E-state index contributed by atoms with van der Waals surface area (Å²) in [6.45, 7) is 2.04. The maximum Gasteiger partial charge on any atom is 0.170 e. The van der Waals surface area contributed by atoms with Gasteiger partial charge in [-0.1, -0.05) is 35.0 Å². The molecule has 0 aromatic heterocycles. The summed E-state index contributed by atoms with van der Waals surface area (Å²) in [7, 11) is 1.62. The number of ether oxygens (including phenoxy) is 1. The highest BCUT2D eigenvalue weighted by atomic mass is 79.9. The molecule has 0 aliphatic carbocycles. The quantitative estimate of drug-likeness (QED) is 0.732. The van der Waals surface area contributed by atoms with E-state index in [0.717, 1.165) is 27.8 Å². The third-order valence-corrected chi connectivity index (χ3v) is 3.90. The predicted octanol–water partition coefficient (Wildman–Crippen LogP) is 4.83. The largest absolute Gasteiger partial charge is 0.497 e. The van der Waals surface area contributed by atoms with Crippen LogP contribution < -0.4 is 4.74 Å². The van der Waals surface area contributed by atoms with Gasteiger partial charge in [0.2, 0.25) is 0 Å². The fourth-order valence-electron chi connectivity index (χ4n) is 2.22. The third-order valence-electron chi connectivity index (χ3n) is 3.37. The normalized spacial score (nSPS) is 11.9. The van der Waals surface area contributed by atoms with E-state index in [2.05, 4.69) is 15.9 Å². The van der Waals surface area contributed by atoms with Crippen molar-refractivity contribution in [2.75, 3.05) is 7.11 Å². The van der Waals surface area contributed by atoms with Crippen LogP contribution in [0.4, 0.5) is 0 Å². The van der Waals surface area contributed by atoms with Crippen molar-refractivity contribution >= 4 is 21.7 Å². The Kier molecular flexibility index (Phi) is 4.96. The topological polar surface area (TPSA) is 26.3 Å². The van der Waals surface area contributed by atoms with Crippen LogP contribution in [0.5, 0.6) is 5.75 Å². The minimum absolute atomic E-state index is 0.100. The number of halogens is 1. The molecular weight excluding hydrogens is 316 g/mol. The Morgan fingerprint density at radius 3 is 2.20 bits per heavy atom. The van der Waals surface area contributed by atoms with Crippen LogP contribution in [0.1, 0.15) is 35.2 Å². The minimum Gasteiger partial charge on any atom is -0.497 e. The second-order valence-corrected chi connectivity index (χ2v) is 5.52. The van der Waals surface area contributed by atoms with Crippen molar-refractivity contribution in [3.8, 4) is 5.75 Å². The zero-order chi connectivity index (χ0) is 14.5. The molecule has 0 N–H and O–H groups in total. The summed E-state index contributed by atoms with van der Waals surface area (Å²) in [6, 6.07) is 15.2. The average molecular weight is 333 g/mol. The van der Waals surface area contributed by atoms with Crippen molar-refractivity contribution < 1.29 is 9.53 Å². The van der Waals surface area contributed by atoms with E-state index in [9.17, 15) is 4.79 Å². The molecule has 0 heterocycles. The standard InChI is InChI=1S/C17H17BrO2/c1-3-16(12-4-8-14(18)9-5-12)17(19)13-6-10-15(20-2)11-7-13/h4-11,16H,3H2,1-2H3/t16-/m1/s1. The Morgan fingerprint density at radius 2 is 1.70 bits per heavy atom. The summed E-state index contributed by atoms with van der Waals surface area (Å²) in [5.74, 6) is 0.812. The number of hydrogen-bond donors (Lipinski definition) is 0. The molecule has 2 nitrogen and oxygen atoms in total. The van der Waals surface area contributed by atoms with E-state index < -0.39 is 0 Å². The van der Waals surface area contributed by atoms with E-state index in [1.54, 1.807) is 7.11 Å². The molecular formula is C17H17BrO2. The van der Waals surface area contributed by atoms with Crippen LogP contribution >= 0.6 is 15.9 Å². The Labute approximate surface area is 127 Å². The van der Waals surface area contributed by atoms with Gasteiger partial charge in [-0.3, -0.25) is 4.79 Å². The summed E-state index contributed by atoms with van der Waals surface area (Å²) >= 11 is 3.42. The summed E-state index contributed by atoms with van der Waals surface area (Å²) in [5.41, 5.74) is 1.78. The van der Waals surface area contributed by atoms with E-state index in [4.69, 9.17) is 4.74 Å². The van der Waals surface area contributed by atoms with Crippen molar-refractivity contribution in [2.45, 2.75) is 19.3 Å². The van der Waals surface area contributed by atoms with Crippen LogP contribution in [0.15, 0.2) is 53.0 Å². The van der Waals surface area contributed by atoms with Crippen LogP contribution in [-0.2, 0) is 0 Å². The summed E-state index contributed by atoms with van der Waals surface area (Å²) < 4.78 is 6.14. The zero-order valence-electron chi connectivity index (χ0n) is 11.6. The molecule has 2 rings (SSSR count). The molecule has 0 aliphatic heterocycles. The van der Waals surface area contributed by atoms with E-state index in [1.165, 1.54) is 0 Å². The molecule has 0 spiro atoms. The fraction of sp³-hybridized carbons (Fsp3) is 0.235. The first-order chi connectivity index (χ1) is 9.65. The minimum atomic E-state index is -0.100. The summed E-state index contributed by atoms with van der Waals surface area (Å²) in [6.07, 6.45) is 0.784. The summed E-state index contributed by atoms with van der Waals surface area (Å²) in [4.78, 5) is 12.6. The number of carbonyl (C=O) groups is 1. The fourth-order valence-corrected chi connectivity index (χ4v) is 2.49. The second kappa shape index (κ2) is 6.71. The van der Waals surface area contributed by atoms with Gasteiger partial charge < -0.3 is 4.74 Å². The monoisotopic (exact) mass is 332 g/mol. The lowest BCUT2D eigenvalue weighted by Crippen LogP contribution is -2.12. The molecule has 2 aromatic carbocycles. The maximum absolute atomic E-state index is 12.6. The highest BCUT2D eigenvalue weighted by Gasteiger charge is 2.20. The van der Waals surface area contributed by atoms with Gasteiger partial charge in [0, 0.05) is 16.0 Å². The van der Waals surface area contributed by atoms with Gasteiger partial charge in [0.05, 0.1) is 7.11 Å². The number of benzene rings is 2. The van der Waals surface area contributed by atoms with Gasteiger partial charge in [-0.2, -0.15) is 0 Å². The van der Waals surface area contributed by atoms with Gasteiger partial charge in [0.1, 0.15) is 5.75 Å². The molecule has 0 saturated carbocycles. The number of Topliss-reactive ketones (excluding diaryl/α,β-unsaturated/α-hetero) is 1. The van der Waals surface area contributed by atoms with Gasteiger partial charge in [-0.15, -0.1) is 0 Å². The molecule has 3 heteroatoms. The zero-order valence-corrected chi connectivity index (χ0v) is 13.2. The van der Waals surface area contributed by atoms with Crippen molar-refractivity contribution in [1.82, 2.24) is 0 Å². The Hall–Kier alpha value is -1.61. The van der Waals surface area contributed by atoms with Crippen LogP contribution in [0, 0.1) is 0 Å². The average Bonchev–Trinajstić information content (AvgIpc) is 2.50. The Morgan fingerprint density at radius 1 is 1.10 bits per heavy atom. The molecule has 104 valence electrons. The van der Waals surface area contributed by atoms with E-state index in [-0.39, 0.29) is 11.7 Å². The van der Waals surface area contributed by atoms with Crippen LogP contribution in [0.2, 0.25) is 0 Å². The van der Waals surface area contributed by atoms with Gasteiger partial charge >= 0.3 is 0 Å². The van der Waals surface area contributed by atoms with Crippen molar-refractivity contribution in [3.05, 3.63) is 64.1 Å². The lowest BCUT2D eigenvalue weighted by atomic mass is 9.89. The van der Waals surface area contributed by atoms with Gasteiger partial charge in [-0.05, 0) is 48.4 Å². The Bertz CT molecular complexity index is 573. The molecule has 2 aromatic rings. The molecule has 0 aliphatic rings. The van der Waals surface area contributed by atoms with Gasteiger partial charge in [0.15, 0.2) is 5.78 Å². The van der Waals surface area contributed by atoms with Gasteiger partial charge in [0.25, 0.3) is 0 Å². The van der Waals surface area contributed by atoms with Crippen LogP contribution in [0.25, 0.3) is 0 Å². The molecule has 0 saturated heterocycles. The number of methoxy groups -OCH3 is 1. The molecule has 1 atom stereocenters. The van der Waals surface area contributed by atoms with Crippen LogP contribution in [0.3, 0.4) is 0 Å². The first-order valence-electron chi connectivity index (χ1n) is 6.59. The first-order valence-corrected chi connectivity index (χ1v) is 7.38. The number of rotatable bonds is 5. The highest BCUT2D eigenvalue weighted by Crippen LogP contribution is 2.26. The number of carbonyl (C=O) groups excluding carboxylic acids is 1. The first kappa shape index (κ1) is 14.8. The molecule has 0 amide bonds. The maximum atomic E-state index is 12.6. The summed E-state index contributed by atoms with van der Waals surface area (Å²) in [5, 5.41) is 0. The number of ketones is 1. The molecule has 0 bridgehead atoms. The van der Waals surface area contributed by atoms with Crippen molar-refractivity contribution in [2.24, 2.45) is 0 Å². The molecule has 0 radical (unpaired) electrons. The van der Waals surface area contributed by atoms with E-state index in [0.29, 0.717) is 0 Å². The smallest absolute Gasteiger partial charge is 0.170 e. The van der Waals surface area contributed by atoms with Gasteiger partial charge in [-0.25, -0.2) is 0 Å².